The summed E-state index contributed by atoms with van der Waals surface area (Å²) in [5, 5.41) is 20.3. The van der Waals surface area contributed by atoms with E-state index in [1.54, 1.807) is 0 Å². The number of hydrogen-bond acceptors (Lipinski definition) is 12. The zero-order chi connectivity index (χ0) is 24.1. The van der Waals surface area contributed by atoms with Crippen LogP contribution in [0.5, 0.6) is 0 Å². The molecule has 180 valence electrons. The molecule has 1 fully saturated rings. The highest BCUT2D eigenvalue weighted by atomic mass is 31.3. The third-order valence-electron chi connectivity index (χ3n) is 3.90. The molecule has 0 spiro atoms. The fraction of sp³-hybridized carbons (Fsp3) is 0.500. The van der Waals surface area contributed by atoms with E-state index in [9.17, 15) is 38.4 Å². The maximum Gasteiger partial charge on any atom is 0.490 e. The van der Waals surface area contributed by atoms with Crippen molar-refractivity contribution in [2.45, 2.75) is 24.5 Å². The second-order valence-corrected chi connectivity index (χ2v) is 10.6. The molecule has 6 atom stereocenters. The lowest BCUT2D eigenvalue weighted by molar-refractivity contribution is -0.0503. The van der Waals surface area contributed by atoms with Crippen LogP contribution in [0.4, 0.5) is 0 Å². The van der Waals surface area contributed by atoms with Gasteiger partial charge >= 0.3 is 29.2 Å². The number of phosphoric acid groups is 3. The Labute approximate surface area is 174 Å². The highest BCUT2D eigenvalue weighted by molar-refractivity contribution is 7.66. The van der Waals surface area contributed by atoms with Crippen LogP contribution in [0.3, 0.4) is 0 Å². The third-order valence-corrected chi connectivity index (χ3v) is 7.70. The molecule has 3 heterocycles. The SMILES string of the molecule is O=c1[nH]c(=O)c2ncn([C@H]3O[C@H](COP(=O)(O)OP(=O)(O)OP(=O)(O)O)[C@@H](O)[C@H]3O)c2[nH]1. The van der Waals surface area contributed by atoms with E-state index in [4.69, 9.17) is 19.4 Å². The Morgan fingerprint density at radius 1 is 1.03 bits per heavy atom. The fourth-order valence-corrected chi connectivity index (χ4v) is 5.74. The zero-order valence-electron chi connectivity index (χ0n) is 15.2. The molecule has 1 aliphatic heterocycles. The molecule has 8 N–H and O–H groups in total. The molecule has 2 unspecified atom stereocenters. The monoisotopic (exact) mass is 524 g/mol. The van der Waals surface area contributed by atoms with Gasteiger partial charge in [-0.1, -0.05) is 0 Å². The van der Waals surface area contributed by atoms with E-state index in [1.807, 2.05) is 4.98 Å². The summed E-state index contributed by atoms with van der Waals surface area (Å²) in [6, 6.07) is 0. The Morgan fingerprint density at radius 3 is 2.31 bits per heavy atom. The molecule has 0 radical (unpaired) electrons. The van der Waals surface area contributed by atoms with Crippen LogP contribution in [-0.2, 0) is 31.6 Å². The average Bonchev–Trinajstić information content (AvgIpc) is 3.12. The molecular weight excluding hydrogens is 509 g/mol. The molecular formula is C10H15N4O15P3. The van der Waals surface area contributed by atoms with Gasteiger partial charge < -0.3 is 34.5 Å². The molecule has 2 aromatic rings. The van der Waals surface area contributed by atoms with Crippen molar-refractivity contribution in [3.05, 3.63) is 27.2 Å². The Hall–Kier alpha value is -1.56. The number of rotatable bonds is 8. The van der Waals surface area contributed by atoms with Gasteiger partial charge in [-0.3, -0.25) is 23.9 Å². The number of H-pyrrole nitrogens is 2. The highest BCUT2D eigenvalue weighted by Gasteiger charge is 2.46. The van der Waals surface area contributed by atoms with Crippen molar-refractivity contribution in [3.63, 3.8) is 0 Å². The predicted molar refractivity (Wildman–Crippen MR) is 96.7 cm³/mol. The number of aromatic amines is 2. The second kappa shape index (κ2) is 8.66. The zero-order valence-corrected chi connectivity index (χ0v) is 17.9. The minimum atomic E-state index is -5.75. The summed E-state index contributed by atoms with van der Waals surface area (Å²) < 4.78 is 51.4. The van der Waals surface area contributed by atoms with Crippen LogP contribution in [-0.4, -0.2) is 74.2 Å². The van der Waals surface area contributed by atoms with Gasteiger partial charge in [-0.2, -0.15) is 8.62 Å². The van der Waals surface area contributed by atoms with Crippen molar-refractivity contribution in [2.75, 3.05) is 6.61 Å². The van der Waals surface area contributed by atoms with Crippen LogP contribution < -0.4 is 11.2 Å². The molecule has 1 saturated heterocycles. The first kappa shape index (κ1) is 25.1. The Balaban J connectivity index is 1.73. The number of nitrogens with one attached hydrogen (secondary N) is 2. The van der Waals surface area contributed by atoms with Crippen LogP contribution in [0, 0.1) is 0 Å². The standard InChI is InChI=1S/C10H15N4O15P3/c15-5-3(1-26-31(22,23)29-32(24,25)28-30(19,20)21)27-9(6(5)16)14-2-11-4-7(14)12-10(18)13-8(4)17/h2-3,5-6,9,15-16H,1H2,(H,22,23)(H,24,25)(H2,19,20,21)(H2,12,13,17,18)/t3-,5-,6-,9+/m1/s1. The molecule has 0 saturated carbocycles. The highest BCUT2D eigenvalue weighted by Crippen LogP contribution is 2.66. The van der Waals surface area contributed by atoms with E-state index >= 15 is 0 Å². The maximum atomic E-state index is 11.8. The molecule has 3 rings (SSSR count). The summed E-state index contributed by atoms with van der Waals surface area (Å²) in [4.78, 5) is 66.7. The summed E-state index contributed by atoms with van der Waals surface area (Å²) in [7, 11) is -16.8. The van der Waals surface area contributed by atoms with Gasteiger partial charge in [0.05, 0.1) is 12.9 Å². The molecule has 2 aromatic heterocycles. The number of aliphatic hydroxyl groups excluding tert-OH is 2. The number of imidazole rings is 1. The van der Waals surface area contributed by atoms with Crippen LogP contribution in [0.25, 0.3) is 11.2 Å². The quantitative estimate of drug-likeness (QED) is 0.164. The average molecular weight is 524 g/mol. The topological polar surface area (TPSA) is 293 Å². The number of ether oxygens (including phenoxy) is 1. The Morgan fingerprint density at radius 2 is 1.69 bits per heavy atom. The number of nitrogens with zero attached hydrogens (tertiary/aromatic N) is 2. The molecule has 19 nitrogen and oxygen atoms in total. The van der Waals surface area contributed by atoms with E-state index in [1.165, 1.54) is 0 Å². The molecule has 22 heteroatoms. The lowest BCUT2D eigenvalue weighted by Gasteiger charge is -2.19. The predicted octanol–water partition coefficient (Wildman–Crippen LogP) is -2.62. The van der Waals surface area contributed by atoms with Crippen molar-refractivity contribution in [1.29, 1.82) is 0 Å². The van der Waals surface area contributed by atoms with Gasteiger partial charge in [-0.05, 0) is 0 Å². The van der Waals surface area contributed by atoms with E-state index in [0.29, 0.717) is 0 Å². The normalized spacial score (nSPS) is 27.9. The second-order valence-electron chi connectivity index (χ2n) is 6.19. The van der Waals surface area contributed by atoms with Gasteiger partial charge in [0.15, 0.2) is 11.7 Å². The van der Waals surface area contributed by atoms with Crippen molar-refractivity contribution < 1.29 is 61.4 Å². The van der Waals surface area contributed by atoms with Gasteiger partial charge in [0.1, 0.15) is 24.0 Å². The molecule has 32 heavy (non-hydrogen) atoms. The van der Waals surface area contributed by atoms with Crippen LogP contribution >= 0.6 is 23.5 Å². The van der Waals surface area contributed by atoms with Crippen molar-refractivity contribution in [1.82, 2.24) is 19.5 Å². The van der Waals surface area contributed by atoms with Crippen molar-refractivity contribution in [2.24, 2.45) is 0 Å². The summed E-state index contributed by atoms with van der Waals surface area (Å²) in [6.07, 6.45) is -5.54. The number of hydrogen-bond donors (Lipinski definition) is 8. The minimum absolute atomic E-state index is 0.177. The molecule has 0 amide bonds. The van der Waals surface area contributed by atoms with Crippen LogP contribution in [0.15, 0.2) is 15.9 Å². The Bertz CT molecular complexity index is 1260. The fourth-order valence-electron chi connectivity index (χ4n) is 2.71. The van der Waals surface area contributed by atoms with Gasteiger partial charge in [0, 0.05) is 0 Å². The summed E-state index contributed by atoms with van der Waals surface area (Å²) in [5.41, 5.74) is -2.16. The smallest absolute Gasteiger partial charge is 0.387 e. The first-order valence-electron chi connectivity index (χ1n) is 8.08. The first-order chi connectivity index (χ1) is 14.6. The van der Waals surface area contributed by atoms with Crippen molar-refractivity contribution in [3.8, 4) is 0 Å². The molecule has 1 aliphatic rings. The minimum Gasteiger partial charge on any atom is -0.387 e. The number of aromatic nitrogens is 4. The van der Waals surface area contributed by atoms with E-state index in [0.717, 1.165) is 10.9 Å². The number of phosphoric ester groups is 1. The van der Waals surface area contributed by atoms with E-state index < -0.39 is 65.9 Å². The Kier molecular flexibility index (Phi) is 6.78. The lowest BCUT2D eigenvalue weighted by atomic mass is 10.1. The molecule has 0 aromatic carbocycles. The van der Waals surface area contributed by atoms with Gasteiger partial charge in [0.2, 0.25) is 0 Å². The van der Waals surface area contributed by atoms with Crippen molar-refractivity contribution >= 4 is 34.6 Å². The number of fused-ring (bicyclic) bond motifs is 1. The van der Waals surface area contributed by atoms with Gasteiger partial charge in [-0.15, -0.1) is 0 Å². The maximum absolute atomic E-state index is 11.8. The summed E-state index contributed by atoms with van der Waals surface area (Å²) in [6.45, 7) is -1.04. The molecule has 0 aliphatic carbocycles. The first-order valence-corrected chi connectivity index (χ1v) is 12.6. The summed E-state index contributed by atoms with van der Waals surface area (Å²) >= 11 is 0. The summed E-state index contributed by atoms with van der Waals surface area (Å²) in [5.74, 6) is 0. The lowest BCUT2D eigenvalue weighted by Crippen LogP contribution is -2.33. The molecule has 0 bridgehead atoms. The van der Waals surface area contributed by atoms with E-state index in [-0.39, 0.29) is 11.2 Å². The van der Waals surface area contributed by atoms with Gasteiger partial charge in [0.25, 0.3) is 5.56 Å². The van der Waals surface area contributed by atoms with Crippen LogP contribution in [0.1, 0.15) is 6.23 Å². The third kappa shape index (κ3) is 5.67. The van der Waals surface area contributed by atoms with Gasteiger partial charge in [-0.25, -0.2) is 23.5 Å². The number of aliphatic hydroxyl groups is 2. The van der Waals surface area contributed by atoms with E-state index in [2.05, 4.69) is 23.1 Å². The largest absolute Gasteiger partial charge is 0.490 e. The van der Waals surface area contributed by atoms with Crippen LogP contribution in [0.2, 0.25) is 0 Å².